The average molecular weight is 379 g/mol. The van der Waals surface area contributed by atoms with Crippen LogP contribution in [0.3, 0.4) is 0 Å². The maximum absolute atomic E-state index is 12.5. The Balaban J connectivity index is 2.38. The summed E-state index contributed by atoms with van der Waals surface area (Å²) in [6.07, 6.45) is 1.39. The molecule has 0 bridgehead atoms. The Morgan fingerprint density at radius 3 is 2.43 bits per heavy atom. The number of benzene rings is 1. The first kappa shape index (κ1) is 18.1. The van der Waals surface area contributed by atoms with Crippen molar-refractivity contribution in [1.82, 2.24) is 4.72 Å². The van der Waals surface area contributed by atoms with Crippen molar-refractivity contribution < 1.29 is 25.3 Å². The van der Waals surface area contributed by atoms with Crippen LogP contribution in [-0.2, 0) is 29.7 Å². The lowest BCUT2D eigenvalue weighted by molar-refractivity contribution is 0.581. The highest BCUT2D eigenvalue weighted by Crippen LogP contribution is 2.26. The van der Waals surface area contributed by atoms with Gasteiger partial charge in [0.15, 0.2) is 19.7 Å². The third kappa shape index (κ3) is 4.00. The van der Waals surface area contributed by atoms with Gasteiger partial charge in [0.1, 0.15) is 0 Å². The Morgan fingerprint density at radius 1 is 1.22 bits per heavy atom. The maximum atomic E-state index is 12.5. The molecule has 0 aliphatic carbocycles. The van der Waals surface area contributed by atoms with Gasteiger partial charge in [-0.15, -0.1) is 6.58 Å². The summed E-state index contributed by atoms with van der Waals surface area (Å²) in [6, 6.07) is 4.91. The van der Waals surface area contributed by atoms with Crippen LogP contribution >= 0.6 is 0 Å². The summed E-state index contributed by atoms with van der Waals surface area (Å²) in [5.41, 5.74) is 0. The monoisotopic (exact) mass is 379 g/mol. The Kier molecular flexibility index (Phi) is 5.00. The van der Waals surface area contributed by atoms with E-state index in [9.17, 15) is 25.3 Å². The van der Waals surface area contributed by atoms with Crippen molar-refractivity contribution in [3.63, 3.8) is 0 Å². The lowest BCUT2D eigenvalue weighted by Gasteiger charge is -2.11. The molecule has 0 aromatic heterocycles. The molecule has 128 valence electrons. The first-order chi connectivity index (χ1) is 10.6. The Bertz CT molecular complexity index is 916. The molecule has 0 unspecified atom stereocenters. The molecule has 2 rings (SSSR count). The second-order valence-corrected chi connectivity index (χ2v) is 11.4. The van der Waals surface area contributed by atoms with Crippen molar-refractivity contribution in [2.45, 2.75) is 21.5 Å². The number of hydrogen-bond donors (Lipinski definition) is 1. The van der Waals surface area contributed by atoms with Crippen LogP contribution in [0.15, 0.2) is 46.7 Å². The molecule has 1 heterocycles. The van der Waals surface area contributed by atoms with Gasteiger partial charge in [-0.05, 0) is 24.6 Å². The zero-order valence-electron chi connectivity index (χ0n) is 12.2. The number of rotatable bonds is 6. The van der Waals surface area contributed by atoms with Crippen LogP contribution in [0, 0.1) is 0 Å². The van der Waals surface area contributed by atoms with Gasteiger partial charge in [-0.3, -0.25) is 0 Å². The van der Waals surface area contributed by atoms with Crippen LogP contribution in [0.25, 0.3) is 0 Å². The zero-order chi connectivity index (χ0) is 17.3. The van der Waals surface area contributed by atoms with Crippen molar-refractivity contribution in [3.8, 4) is 0 Å². The molecule has 1 aliphatic rings. The fraction of sp³-hybridized carbons (Fsp3) is 0.385. The van der Waals surface area contributed by atoms with Gasteiger partial charge in [0.25, 0.3) is 0 Å². The van der Waals surface area contributed by atoms with Gasteiger partial charge < -0.3 is 0 Å². The third-order valence-corrected chi connectivity index (χ3v) is 9.08. The van der Waals surface area contributed by atoms with Crippen LogP contribution < -0.4 is 4.72 Å². The Labute approximate surface area is 136 Å². The molecule has 23 heavy (non-hydrogen) atoms. The van der Waals surface area contributed by atoms with E-state index >= 15 is 0 Å². The van der Waals surface area contributed by atoms with Gasteiger partial charge in [0, 0.05) is 6.54 Å². The highest BCUT2D eigenvalue weighted by atomic mass is 32.2. The SMILES string of the molecule is C=CCNS(=O)(=O)c1cccc(S(=O)(=O)[C@@H]2CCS(=O)(=O)C2)c1. The predicted molar refractivity (Wildman–Crippen MR) is 86.1 cm³/mol. The highest BCUT2D eigenvalue weighted by molar-refractivity contribution is 7.96. The molecule has 1 N–H and O–H groups in total. The van der Waals surface area contributed by atoms with Gasteiger partial charge in [-0.25, -0.2) is 30.0 Å². The maximum Gasteiger partial charge on any atom is 0.240 e. The Hall–Kier alpha value is -1.23. The standard InChI is InChI=1S/C13H17NO6S3/c1-2-7-14-23(19,20)12-5-3-4-11(9-12)22(17,18)13-6-8-21(15,16)10-13/h2-5,9,13-14H,1,6-8,10H2/t13-/m1/s1. The normalized spacial score (nSPS) is 21.1. The molecular weight excluding hydrogens is 362 g/mol. The number of hydrogen-bond acceptors (Lipinski definition) is 6. The summed E-state index contributed by atoms with van der Waals surface area (Å²) in [6.45, 7) is 3.41. The van der Waals surface area contributed by atoms with Crippen LogP contribution in [-0.4, -0.2) is 48.6 Å². The van der Waals surface area contributed by atoms with Crippen LogP contribution in [0.1, 0.15) is 6.42 Å². The quantitative estimate of drug-likeness (QED) is 0.702. The second-order valence-electron chi connectivity index (χ2n) is 5.19. The molecule has 1 aromatic carbocycles. The predicted octanol–water partition coefficient (Wildman–Crippen LogP) is 0.112. The van der Waals surface area contributed by atoms with E-state index in [1.165, 1.54) is 24.3 Å². The minimum Gasteiger partial charge on any atom is -0.229 e. The average Bonchev–Trinajstić information content (AvgIpc) is 2.86. The molecule has 10 heteroatoms. The van der Waals surface area contributed by atoms with Crippen molar-refractivity contribution >= 4 is 29.7 Å². The summed E-state index contributed by atoms with van der Waals surface area (Å²) in [4.78, 5) is -0.387. The number of sulfonamides is 1. The van der Waals surface area contributed by atoms with E-state index in [0.29, 0.717) is 0 Å². The number of nitrogens with one attached hydrogen (secondary N) is 1. The lowest BCUT2D eigenvalue weighted by Crippen LogP contribution is -2.25. The van der Waals surface area contributed by atoms with Crippen molar-refractivity contribution in [1.29, 1.82) is 0 Å². The van der Waals surface area contributed by atoms with Gasteiger partial charge >= 0.3 is 0 Å². The minimum atomic E-state index is -3.90. The first-order valence-corrected chi connectivity index (χ1v) is 11.6. The first-order valence-electron chi connectivity index (χ1n) is 6.73. The van der Waals surface area contributed by atoms with Crippen molar-refractivity contribution in [3.05, 3.63) is 36.9 Å². The fourth-order valence-corrected chi connectivity index (χ4v) is 7.79. The smallest absolute Gasteiger partial charge is 0.229 e. The van der Waals surface area contributed by atoms with Crippen molar-refractivity contribution in [2.24, 2.45) is 0 Å². The molecule has 1 fully saturated rings. The molecule has 7 nitrogen and oxygen atoms in total. The molecule has 0 radical (unpaired) electrons. The van der Waals surface area contributed by atoms with Crippen LogP contribution in [0.2, 0.25) is 0 Å². The van der Waals surface area contributed by atoms with E-state index in [1.54, 1.807) is 0 Å². The molecule has 1 aromatic rings. The Morgan fingerprint density at radius 2 is 1.87 bits per heavy atom. The summed E-state index contributed by atoms with van der Waals surface area (Å²) < 4.78 is 74.3. The van der Waals surface area contributed by atoms with E-state index in [-0.39, 0.29) is 28.5 Å². The molecule has 0 spiro atoms. The number of sulfone groups is 2. The second kappa shape index (κ2) is 6.34. The van der Waals surface area contributed by atoms with Gasteiger partial charge in [0.05, 0.1) is 26.5 Å². The molecule has 1 atom stereocenters. The summed E-state index contributed by atoms with van der Waals surface area (Å²) in [5, 5.41) is -1.04. The van der Waals surface area contributed by atoms with E-state index in [2.05, 4.69) is 11.3 Å². The zero-order valence-corrected chi connectivity index (χ0v) is 14.6. The molecule has 0 amide bonds. The third-order valence-electron chi connectivity index (χ3n) is 3.49. The largest absolute Gasteiger partial charge is 0.240 e. The van der Waals surface area contributed by atoms with Gasteiger partial charge in [0.2, 0.25) is 10.0 Å². The van der Waals surface area contributed by atoms with E-state index in [1.807, 2.05) is 0 Å². The lowest BCUT2D eigenvalue weighted by atomic mass is 10.4. The van der Waals surface area contributed by atoms with E-state index in [4.69, 9.17) is 0 Å². The van der Waals surface area contributed by atoms with E-state index < -0.39 is 40.7 Å². The minimum absolute atomic E-state index is 0.0141. The van der Waals surface area contributed by atoms with Gasteiger partial charge in [-0.2, -0.15) is 0 Å². The summed E-state index contributed by atoms with van der Waals surface area (Å²) in [7, 11) is -11.1. The highest BCUT2D eigenvalue weighted by Gasteiger charge is 2.38. The van der Waals surface area contributed by atoms with E-state index in [0.717, 1.165) is 6.07 Å². The molecule has 1 aliphatic heterocycles. The topological polar surface area (TPSA) is 114 Å². The van der Waals surface area contributed by atoms with Gasteiger partial charge in [-0.1, -0.05) is 12.1 Å². The molecule has 0 saturated carbocycles. The fourth-order valence-electron chi connectivity index (χ4n) is 2.27. The molecular formula is C13H17NO6S3. The summed E-state index contributed by atoms with van der Waals surface area (Å²) in [5.74, 6) is -0.600. The van der Waals surface area contributed by atoms with Crippen LogP contribution in [0.4, 0.5) is 0 Å². The summed E-state index contributed by atoms with van der Waals surface area (Å²) >= 11 is 0. The van der Waals surface area contributed by atoms with Crippen molar-refractivity contribution in [2.75, 3.05) is 18.1 Å². The molecule has 1 saturated heterocycles. The van der Waals surface area contributed by atoms with Crippen LogP contribution in [0.5, 0.6) is 0 Å².